The third-order valence-electron chi connectivity index (χ3n) is 9.58. The number of nitrogens with two attached hydrogens (primary N) is 2. The molecule has 0 saturated heterocycles. The van der Waals surface area contributed by atoms with Gasteiger partial charge < -0.3 is 11.5 Å². The van der Waals surface area contributed by atoms with Crippen LogP contribution in [0.1, 0.15) is 135 Å². The molecule has 0 unspecified atom stereocenters. The zero-order valence-corrected chi connectivity index (χ0v) is 29.0. The molecule has 0 aromatic heterocycles. The molecular formula is C44H60N2. The first kappa shape index (κ1) is 35.3. The molecule has 0 heterocycles. The number of anilines is 2. The van der Waals surface area contributed by atoms with Gasteiger partial charge in [0.05, 0.1) is 0 Å². The Morgan fingerprint density at radius 3 is 1.09 bits per heavy atom. The van der Waals surface area contributed by atoms with Gasteiger partial charge in [0.2, 0.25) is 0 Å². The van der Waals surface area contributed by atoms with Crippen LogP contribution in [-0.4, -0.2) is 0 Å². The molecule has 246 valence electrons. The van der Waals surface area contributed by atoms with Gasteiger partial charge in [-0.1, -0.05) is 126 Å². The van der Waals surface area contributed by atoms with Crippen molar-refractivity contribution in [3.8, 4) is 0 Å². The summed E-state index contributed by atoms with van der Waals surface area (Å²) < 4.78 is 0. The molecule has 0 spiro atoms. The maximum absolute atomic E-state index is 6.15. The van der Waals surface area contributed by atoms with Gasteiger partial charge >= 0.3 is 0 Å². The van der Waals surface area contributed by atoms with Gasteiger partial charge in [0.25, 0.3) is 0 Å². The minimum Gasteiger partial charge on any atom is -0.399 e. The van der Waals surface area contributed by atoms with Crippen LogP contribution in [0.5, 0.6) is 0 Å². The predicted octanol–water partition coefficient (Wildman–Crippen LogP) is 11.6. The van der Waals surface area contributed by atoms with Crippen LogP contribution in [0, 0.1) is 0 Å². The molecule has 2 nitrogen and oxygen atoms in total. The number of benzene rings is 4. The van der Waals surface area contributed by atoms with Crippen LogP contribution in [-0.2, 0) is 38.5 Å². The number of aryl methyl sites for hydroxylation is 4. The molecule has 4 aromatic rings. The molecule has 4 N–H and O–H groups in total. The first-order valence-electron chi connectivity index (χ1n) is 18.4. The quantitative estimate of drug-likeness (QED) is 0.0723. The van der Waals surface area contributed by atoms with Gasteiger partial charge in [-0.15, -0.1) is 0 Å². The molecule has 4 aromatic carbocycles. The molecule has 0 amide bonds. The molecule has 4 rings (SSSR count). The monoisotopic (exact) mass is 616 g/mol. The van der Waals surface area contributed by atoms with Crippen LogP contribution >= 0.6 is 0 Å². The van der Waals surface area contributed by atoms with Crippen molar-refractivity contribution < 1.29 is 0 Å². The molecule has 46 heavy (non-hydrogen) atoms. The Balaban J connectivity index is 1.20. The summed E-state index contributed by atoms with van der Waals surface area (Å²) in [6, 6.07) is 31.6. The normalized spacial score (nSPS) is 11.3. The van der Waals surface area contributed by atoms with Gasteiger partial charge in [0, 0.05) is 11.4 Å². The van der Waals surface area contributed by atoms with E-state index in [9.17, 15) is 0 Å². The van der Waals surface area contributed by atoms with Crippen LogP contribution in [0.15, 0.2) is 84.9 Å². The highest BCUT2D eigenvalue weighted by atomic mass is 14.5. The van der Waals surface area contributed by atoms with E-state index in [1.54, 1.807) is 0 Å². The van der Waals surface area contributed by atoms with E-state index in [1.807, 2.05) is 0 Å². The largest absolute Gasteiger partial charge is 0.399 e. The fourth-order valence-corrected chi connectivity index (χ4v) is 6.69. The molecule has 0 bridgehead atoms. The van der Waals surface area contributed by atoms with E-state index < -0.39 is 0 Å². The fourth-order valence-electron chi connectivity index (χ4n) is 6.69. The zero-order valence-electron chi connectivity index (χ0n) is 29.0. The van der Waals surface area contributed by atoms with E-state index in [0.29, 0.717) is 0 Å². The van der Waals surface area contributed by atoms with Crippen molar-refractivity contribution in [2.45, 2.75) is 129 Å². The molecule has 0 saturated carbocycles. The lowest BCUT2D eigenvalue weighted by Crippen LogP contribution is -1.99. The highest BCUT2D eigenvalue weighted by Gasteiger charge is 2.08. The average Bonchev–Trinajstić information content (AvgIpc) is 3.06. The SMILES string of the molecule is CCCCCCCc1cc(N)ccc1Cc1ccc(CCCCc2ccc(Cc3ccc(N)cc3CCCCCCC)cc2)cc1. The van der Waals surface area contributed by atoms with Crippen molar-refractivity contribution in [3.05, 3.63) is 129 Å². The van der Waals surface area contributed by atoms with Crippen LogP contribution in [0.25, 0.3) is 0 Å². The molecule has 0 aliphatic carbocycles. The summed E-state index contributed by atoms with van der Waals surface area (Å²) in [5.74, 6) is 0. The number of hydrogen-bond acceptors (Lipinski definition) is 2. The highest BCUT2D eigenvalue weighted by Crippen LogP contribution is 2.23. The van der Waals surface area contributed by atoms with Gasteiger partial charge in [-0.25, -0.2) is 0 Å². The minimum atomic E-state index is 0.883. The third kappa shape index (κ3) is 12.3. The van der Waals surface area contributed by atoms with Crippen LogP contribution in [0.4, 0.5) is 11.4 Å². The Hall–Kier alpha value is -3.52. The van der Waals surface area contributed by atoms with Crippen molar-refractivity contribution in [2.75, 3.05) is 11.5 Å². The molecule has 0 atom stereocenters. The molecular weight excluding hydrogens is 556 g/mol. The summed E-state index contributed by atoms with van der Waals surface area (Å²) in [5, 5.41) is 0. The van der Waals surface area contributed by atoms with Gasteiger partial charge in [-0.05, 0) is 133 Å². The standard InChI is InChI=1S/C44H60N2/c1-3-5-7-9-11-17-39-33-43(45)29-27-41(39)31-37-23-19-35(20-24-37)15-13-14-16-36-21-25-38(26-22-36)32-42-28-30-44(46)34-40(42)18-12-10-8-6-4-2/h19-30,33-34H,3-18,31-32,45-46H2,1-2H3. The lowest BCUT2D eigenvalue weighted by molar-refractivity contribution is 0.631. The Bertz CT molecular complexity index is 1310. The Labute approximate surface area is 281 Å². The highest BCUT2D eigenvalue weighted by molar-refractivity contribution is 5.47. The molecule has 2 heteroatoms. The zero-order chi connectivity index (χ0) is 32.4. The van der Waals surface area contributed by atoms with Crippen molar-refractivity contribution in [1.29, 1.82) is 0 Å². The summed E-state index contributed by atoms with van der Waals surface area (Å²) >= 11 is 0. The topological polar surface area (TPSA) is 52.0 Å². The van der Waals surface area contributed by atoms with Gasteiger partial charge in [0.15, 0.2) is 0 Å². The van der Waals surface area contributed by atoms with Gasteiger partial charge in [-0.2, -0.15) is 0 Å². The number of nitrogen functional groups attached to an aromatic ring is 2. The van der Waals surface area contributed by atoms with E-state index in [4.69, 9.17) is 11.5 Å². The molecule has 0 aliphatic rings. The van der Waals surface area contributed by atoms with Crippen molar-refractivity contribution in [1.82, 2.24) is 0 Å². The fraction of sp³-hybridized carbons (Fsp3) is 0.455. The summed E-state index contributed by atoms with van der Waals surface area (Å²) in [4.78, 5) is 0. The Morgan fingerprint density at radius 2 is 0.696 bits per heavy atom. The Kier molecular flexibility index (Phi) is 15.3. The van der Waals surface area contributed by atoms with E-state index in [2.05, 4.69) is 98.8 Å². The average molecular weight is 617 g/mol. The van der Waals surface area contributed by atoms with Crippen molar-refractivity contribution >= 4 is 11.4 Å². The minimum absolute atomic E-state index is 0.883. The van der Waals surface area contributed by atoms with Gasteiger partial charge in [-0.3, -0.25) is 0 Å². The Morgan fingerprint density at radius 1 is 0.348 bits per heavy atom. The lowest BCUT2D eigenvalue weighted by atomic mass is 9.94. The number of hydrogen-bond donors (Lipinski definition) is 2. The van der Waals surface area contributed by atoms with E-state index in [0.717, 1.165) is 49.9 Å². The van der Waals surface area contributed by atoms with Crippen LogP contribution in [0.2, 0.25) is 0 Å². The second-order valence-electron chi connectivity index (χ2n) is 13.6. The predicted molar refractivity (Wildman–Crippen MR) is 202 cm³/mol. The third-order valence-corrected chi connectivity index (χ3v) is 9.58. The number of unbranched alkanes of at least 4 members (excludes halogenated alkanes) is 9. The second kappa shape index (κ2) is 19.9. The van der Waals surface area contributed by atoms with E-state index in [-0.39, 0.29) is 0 Å². The maximum Gasteiger partial charge on any atom is 0.0316 e. The lowest BCUT2D eigenvalue weighted by Gasteiger charge is -2.12. The van der Waals surface area contributed by atoms with E-state index in [1.165, 1.54) is 122 Å². The molecule has 0 fully saturated rings. The van der Waals surface area contributed by atoms with Crippen LogP contribution in [0.3, 0.4) is 0 Å². The van der Waals surface area contributed by atoms with E-state index >= 15 is 0 Å². The van der Waals surface area contributed by atoms with Gasteiger partial charge in [0.1, 0.15) is 0 Å². The molecule has 0 aliphatic heterocycles. The second-order valence-corrected chi connectivity index (χ2v) is 13.6. The number of rotatable bonds is 21. The first-order chi connectivity index (χ1) is 22.5. The first-order valence-corrected chi connectivity index (χ1v) is 18.4. The summed E-state index contributed by atoms with van der Waals surface area (Å²) in [5.41, 5.74) is 25.4. The van der Waals surface area contributed by atoms with Crippen LogP contribution < -0.4 is 11.5 Å². The van der Waals surface area contributed by atoms with Crippen molar-refractivity contribution in [3.63, 3.8) is 0 Å². The maximum atomic E-state index is 6.15. The summed E-state index contributed by atoms with van der Waals surface area (Å²) in [6.07, 6.45) is 22.0. The molecule has 0 radical (unpaired) electrons. The smallest absolute Gasteiger partial charge is 0.0316 e. The summed E-state index contributed by atoms with van der Waals surface area (Å²) in [6.45, 7) is 4.55. The van der Waals surface area contributed by atoms with Crippen molar-refractivity contribution in [2.24, 2.45) is 0 Å². The summed E-state index contributed by atoms with van der Waals surface area (Å²) in [7, 11) is 0.